The summed E-state index contributed by atoms with van der Waals surface area (Å²) in [5.74, 6) is -0.965. The van der Waals surface area contributed by atoms with Gasteiger partial charge in [0.1, 0.15) is 17.4 Å². The minimum absolute atomic E-state index is 0.0724. The molecule has 0 spiro atoms. The molecule has 184 valence electrons. The lowest BCUT2D eigenvalue weighted by molar-refractivity contribution is -0.174. The molecule has 12 heteroatoms. The van der Waals surface area contributed by atoms with Gasteiger partial charge in [-0.3, -0.25) is 9.59 Å². The summed E-state index contributed by atoms with van der Waals surface area (Å²) >= 11 is 0. The van der Waals surface area contributed by atoms with Gasteiger partial charge in [-0.15, -0.1) is 0 Å². The fourth-order valence-electron chi connectivity index (χ4n) is 4.43. The highest BCUT2D eigenvalue weighted by Gasteiger charge is 2.47. The summed E-state index contributed by atoms with van der Waals surface area (Å²) in [6.07, 6.45) is -3.52. The largest absolute Gasteiger partial charge is 0.467 e. The zero-order valence-electron chi connectivity index (χ0n) is 18.3. The number of hydrogen-bond acceptors (Lipinski definition) is 5. The summed E-state index contributed by atoms with van der Waals surface area (Å²) < 4.78 is 60.9. The SMILES string of the molecule is O=C(c1cccc(F)c1)N1CCN(C(=O)c2cc3n(n2)[C@H](C(F)(F)F)C[C@@H](c2ccco2)N3)CC1. The summed E-state index contributed by atoms with van der Waals surface area (Å²) in [7, 11) is 0. The fourth-order valence-corrected chi connectivity index (χ4v) is 4.43. The van der Waals surface area contributed by atoms with Gasteiger partial charge in [-0.25, -0.2) is 9.07 Å². The van der Waals surface area contributed by atoms with Crippen LogP contribution in [-0.4, -0.2) is 63.7 Å². The predicted molar refractivity (Wildman–Crippen MR) is 115 cm³/mol. The molecule has 0 radical (unpaired) electrons. The lowest BCUT2D eigenvalue weighted by atomic mass is 10.0. The van der Waals surface area contributed by atoms with Gasteiger partial charge < -0.3 is 19.5 Å². The number of carbonyl (C=O) groups excluding carboxylic acids is 2. The molecular formula is C23H21F4N5O3. The number of aromatic nitrogens is 2. The molecule has 8 nitrogen and oxygen atoms in total. The highest BCUT2D eigenvalue weighted by Crippen LogP contribution is 2.43. The van der Waals surface area contributed by atoms with Crippen LogP contribution in [0.25, 0.3) is 0 Å². The molecule has 3 aromatic rings. The molecule has 35 heavy (non-hydrogen) atoms. The highest BCUT2D eigenvalue weighted by molar-refractivity contribution is 5.95. The topological polar surface area (TPSA) is 83.6 Å². The standard InChI is InChI=1S/C23H21F4N5O3/c24-15-4-1-3-14(11-15)21(33)30-6-8-31(9-7-30)22(34)17-13-20-28-16(18-5-2-10-35-18)12-19(23(25,26)27)32(20)29-17/h1-5,10-11,13,16,19,28H,6-9,12H2/t16-,19-/m0/s1. The van der Waals surface area contributed by atoms with Crippen molar-refractivity contribution < 1.29 is 31.6 Å². The van der Waals surface area contributed by atoms with E-state index in [2.05, 4.69) is 10.4 Å². The Labute approximate surface area is 197 Å². The van der Waals surface area contributed by atoms with Crippen LogP contribution >= 0.6 is 0 Å². The van der Waals surface area contributed by atoms with Crippen LogP contribution in [0.3, 0.4) is 0 Å². The Morgan fingerprint density at radius 1 is 1.00 bits per heavy atom. The highest BCUT2D eigenvalue weighted by atomic mass is 19.4. The van der Waals surface area contributed by atoms with Crippen LogP contribution in [-0.2, 0) is 0 Å². The van der Waals surface area contributed by atoms with Crippen molar-refractivity contribution in [3.8, 4) is 0 Å². The van der Waals surface area contributed by atoms with E-state index < -0.39 is 30.0 Å². The first-order valence-corrected chi connectivity index (χ1v) is 11.0. The van der Waals surface area contributed by atoms with Gasteiger partial charge in [-0.1, -0.05) is 6.07 Å². The third kappa shape index (κ3) is 4.47. The Morgan fingerprint density at radius 2 is 1.71 bits per heavy atom. The normalized spacial score (nSPS) is 20.3. The average molecular weight is 491 g/mol. The lowest BCUT2D eigenvalue weighted by Crippen LogP contribution is -2.50. The van der Waals surface area contributed by atoms with Gasteiger partial charge >= 0.3 is 6.18 Å². The Hall–Kier alpha value is -3.83. The number of furan rings is 1. The van der Waals surface area contributed by atoms with Crippen molar-refractivity contribution in [1.29, 1.82) is 0 Å². The van der Waals surface area contributed by atoms with Crippen molar-refractivity contribution in [2.75, 3.05) is 31.5 Å². The zero-order chi connectivity index (χ0) is 24.7. The number of carbonyl (C=O) groups is 2. The van der Waals surface area contributed by atoms with E-state index in [4.69, 9.17) is 4.42 Å². The van der Waals surface area contributed by atoms with E-state index in [0.717, 1.165) is 10.7 Å². The molecule has 2 aliphatic heterocycles. The molecule has 2 aromatic heterocycles. The third-order valence-corrected chi connectivity index (χ3v) is 6.22. The van der Waals surface area contributed by atoms with Gasteiger partial charge in [0.2, 0.25) is 0 Å². The van der Waals surface area contributed by atoms with Gasteiger partial charge in [-0.05, 0) is 30.3 Å². The van der Waals surface area contributed by atoms with E-state index in [1.807, 2.05) is 0 Å². The van der Waals surface area contributed by atoms with Gasteiger partial charge in [-0.2, -0.15) is 18.3 Å². The lowest BCUT2D eigenvalue weighted by Gasteiger charge is -2.34. The number of rotatable bonds is 3. The fraction of sp³-hybridized carbons (Fsp3) is 0.348. The molecule has 0 aliphatic carbocycles. The van der Waals surface area contributed by atoms with Crippen molar-refractivity contribution >= 4 is 17.6 Å². The van der Waals surface area contributed by atoms with Crippen molar-refractivity contribution in [3.63, 3.8) is 0 Å². The molecule has 2 aliphatic rings. The van der Waals surface area contributed by atoms with E-state index in [9.17, 15) is 27.2 Å². The zero-order valence-corrected chi connectivity index (χ0v) is 18.3. The number of fused-ring (bicyclic) bond motifs is 1. The Balaban J connectivity index is 1.30. The molecule has 5 rings (SSSR count). The molecule has 1 N–H and O–H groups in total. The minimum Gasteiger partial charge on any atom is -0.467 e. The molecule has 2 atom stereocenters. The minimum atomic E-state index is -4.57. The van der Waals surface area contributed by atoms with Crippen LogP contribution in [0, 0.1) is 5.82 Å². The molecule has 1 saturated heterocycles. The number of nitrogens with one attached hydrogen (secondary N) is 1. The monoisotopic (exact) mass is 491 g/mol. The van der Waals surface area contributed by atoms with Crippen LogP contribution in [0.4, 0.5) is 23.4 Å². The van der Waals surface area contributed by atoms with Crippen molar-refractivity contribution in [2.45, 2.75) is 24.7 Å². The smallest absolute Gasteiger partial charge is 0.410 e. The van der Waals surface area contributed by atoms with Gasteiger partial charge in [0.25, 0.3) is 11.8 Å². The molecule has 0 saturated carbocycles. The number of nitrogens with zero attached hydrogens (tertiary/aromatic N) is 4. The molecule has 1 aromatic carbocycles. The number of halogens is 4. The first-order chi connectivity index (χ1) is 16.7. The van der Waals surface area contributed by atoms with Gasteiger partial charge in [0, 0.05) is 44.2 Å². The van der Waals surface area contributed by atoms with Gasteiger partial charge in [0.05, 0.1) is 12.3 Å². The van der Waals surface area contributed by atoms with E-state index in [1.54, 1.807) is 12.1 Å². The number of anilines is 1. The van der Waals surface area contributed by atoms with E-state index in [0.29, 0.717) is 5.76 Å². The summed E-state index contributed by atoms with van der Waals surface area (Å²) in [6, 6.07) is 7.20. The van der Waals surface area contributed by atoms with Crippen LogP contribution in [0.1, 0.15) is 45.1 Å². The first kappa shape index (κ1) is 22.9. The number of benzene rings is 1. The van der Waals surface area contributed by atoms with Gasteiger partial charge in [0.15, 0.2) is 11.7 Å². The maximum Gasteiger partial charge on any atom is 0.410 e. The number of piperazine rings is 1. The molecule has 4 heterocycles. The van der Waals surface area contributed by atoms with E-state index in [1.165, 1.54) is 40.3 Å². The quantitative estimate of drug-likeness (QED) is 0.563. The maximum absolute atomic E-state index is 13.8. The third-order valence-electron chi connectivity index (χ3n) is 6.22. The summed E-state index contributed by atoms with van der Waals surface area (Å²) in [6.45, 7) is 0.762. The number of amides is 2. The van der Waals surface area contributed by atoms with E-state index >= 15 is 0 Å². The van der Waals surface area contributed by atoms with Crippen molar-refractivity contribution in [3.05, 3.63) is 71.6 Å². The second-order valence-corrected chi connectivity index (χ2v) is 8.46. The summed E-state index contributed by atoms with van der Waals surface area (Å²) in [4.78, 5) is 28.6. The molecule has 0 unspecified atom stereocenters. The van der Waals surface area contributed by atoms with Crippen LogP contribution in [0.2, 0.25) is 0 Å². The second-order valence-electron chi connectivity index (χ2n) is 8.46. The second kappa shape index (κ2) is 8.75. The van der Waals surface area contributed by atoms with Crippen molar-refractivity contribution in [1.82, 2.24) is 19.6 Å². The molecule has 0 bridgehead atoms. The molecule has 1 fully saturated rings. The van der Waals surface area contributed by atoms with E-state index in [-0.39, 0.29) is 55.6 Å². The number of alkyl halides is 3. The van der Waals surface area contributed by atoms with Crippen LogP contribution in [0.5, 0.6) is 0 Å². The summed E-state index contributed by atoms with van der Waals surface area (Å²) in [5.41, 5.74) is 0.0914. The van der Waals surface area contributed by atoms with Crippen LogP contribution < -0.4 is 5.32 Å². The maximum atomic E-state index is 13.8. The summed E-state index contributed by atoms with van der Waals surface area (Å²) in [5, 5.41) is 6.97. The Kier molecular flexibility index (Phi) is 5.73. The van der Waals surface area contributed by atoms with Crippen LogP contribution in [0.15, 0.2) is 53.1 Å². The molecular weight excluding hydrogens is 470 g/mol. The predicted octanol–water partition coefficient (Wildman–Crippen LogP) is 3.87. The molecule has 2 amide bonds. The Bertz CT molecular complexity index is 1230. The Morgan fingerprint density at radius 3 is 2.34 bits per heavy atom. The average Bonchev–Trinajstić information content (AvgIpc) is 3.52. The first-order valence-electron chi connectivity index (χ1n) is 11.0. The number of hydrogen-bond donors (Lipinski definition) is 1. The van der Waals surface area contributed by atoms with Crippen molar-refractivity contribution in [2.24, 2.45) is 0 Å².